The highest BCUT2D eigenvalue weighted by atomic mass is 35.5. The van der Waals surface area contributed by atoms with Crippen LogP contribution in [0, 0.1) is 0 Å². The Morgan fingerprint density at radius 2 is 1.94 bits per heavy atom. The summed E-state index contributed by atoms with van der Waals surface area (Å²) in [6, 6.07) is 6.69. The van der Waals surface area contributed by atoms with E-state index in [1.165, 1.54) is 7.11 Å². The van der Waals surface area contributed by atoms with E-state index in [4.69, 9.17) is 16.3 Å². The standard InChI is InChI=1S/C12H14ClNO4/c1-17-12(16)6-7-14-11(15)8-18-10-4-2-9(13)3-5-10/h2-5H,6-8H2,1H3,(H,14,15). The van der Waals surface area contributed by atoms with E-state index in [1.807, 2.05) is 0 Å². The van der Waals surface area contributed by atoms with Gasteiger partial charge in [0.15, 0.2) is 6.61 Å². The van der Waals surface area contributed by atoms with Crippen molar-refractivity contribution in [3.05, 3.63) is 29.3 Å². The van der Waals surface area contributed by atoms with Gasteiger partial charge in [-0.05, 0) is 24.3 Å². The number of methoxy groups -OCH3 is 1. The van der Waals surface area contributed by atoms with Gasteiger partial charge in [0.1, 0.15) is 5.75 Å². The van der Waals surface area contributed by atoms with Crippen LogP contribution in [0.5, 0.6) is 5.75 Å². The summed E-state index contributed by atoms with van der Waals surface area (Å²) in [6.45, 7) is 0.123. The molecule has 18 heavy (non-hydrogen) atoms. The first-order valence-electron chi connectivity index (χ1n) is 5.33. The zero-order valence-corrected chi connectivity index (χ0v) is 10.7. The Kier molecular flexibility index (Phi) is 6.00. The quantitative estimate of drug-likeness (QED) is 0.795. The minimum Gasteiger partial charge on any atom is -0.484 e. The lowest BCUT2D eigenvalue weighted by Crippen LogP contribution is -2.30. The molecule has 98 valence electrons. The van der Waals surface area contributed by atoms with Gasteiger partial charge >= 0.3 is 5.97 Å². The molecule has 1 amide bonds. The fraction of sp³-hybridized carbons (Fsp3) is 0.333. The van der Waals surface area contributed by atoms with E-state index in [-0.39, 0.29) is 31.4 Å². The molecule has 1 aromatic rings. The van der Waals surface area contributed by atoms with Crippen LogP contribution in [0.1, 0.15) is 6.42 Å². The number of esters is 1. The Balaban J connectivity index is 2.21. The number of rotatable bonds is 6. The summed E-state index contributed by atoms with van der Waals surface area (Å²) in [4.78, 5) is 22.1. The molecule has 0 atom stereocenters. The van der Waals surface area contributed by atoms with Crippen molar-refractivity contribution in [1.82, 2.24) is 5.32 Å². The number of nitrogens with one attached hydrogen (secondary N) is 1. The molecule has 1 N–H and O–H groups in total. The fourth-order valence-corrected chi connectivity index (χ4v) is 1.26. The molecule has 0 heterocycles. The van der Waals surface area contributed by atoms with Crippen molar-refractivity contribution in [3.8, 4) is 5.75 Å². The van der Waals surface area contributed by atoms with Crippen molar-refractivity contribution in [1.29, 1.82) is 0 Å². The Hall–Kier alpha value is -1.75. The van der Waals surface area contributed by atoms with Crippen LogP contribution in [0.2, 0.25) is 5.02 Å². The van der Waals surface area contributed by atoms with Gasteiger partial charge in [-0.2, -0.15) is 0 Å². The number of carbonyl (C=O) groups is 2. The summed E-state index contributed by atoms with van der Waals surface area (Å²) in [7, 11) is 1.30. The number of benzene rings is 1. The zero-order valence-electron chi connectivity index (χ0n) is 9.94. The molecule has 0 aliphatic heterocycles. The van der Waals surface area contributed by atoms with Crippen molar-refractivity contribution in [2.45, 2.75) is 6.42 Å². The molecule has 0 unspecified atom stereocenters. The van der Waals surface area contributed by atoms with Crippen LogP contribution in [0.3, 0.4) is 0 Å². The highest BCUT2D eigenvalue weighted by molar-refractivity contribution is 6.30. The largest absolute Gasteiger partial charge is 0.484 e. The smallest absolute Gasteiger partial charge is 0.307 e. The Morgan fingerprint density at radius 1 is 1.28 bits per heavy atom. The van der Waals surface area contributed by atoms with Crippen LogP contribution in [0.4, 0.5) is 0 Å². The molecule has 5 nitrogen and oxygen atoms in total. The maximum absolute atomic E-state index is 11.3. The molecule has 0 aliphatic carbocycles. The number of carbonyl (C=O) groups excluding carboxylic acids is 2. The summed E-state index contributed by atoms with van der Waals surface area (Å²) >= 11 is 5.71. The van der Waals surface area contributed by atoms with Crippen LogP contribution in [0.15, 0.2) is 24.3 Å². The highest BCUT2D eigenvalue weighted by Crippen LogP contribution is 2.15. The molecule has 0 fully saturated rings. The molecule has 6 heteroatoms. The van der Waals surface area contributed by atoms with Gasteiger partial charge in [-0.15, -0.1) is 0 Å². The van der Waals surface area contributed by atoms with E-state index in [2.05, 4.69) is 10.1 Å². The van der Waals surface area contributed by atoms with E-state index < -0.39 is 0 Å². The second-order valence-electron chi connectivity index (χ2n) is 3.42. The topological polar surface area (TPSA) is 64.6 Å². The molecule has 1 aromatic carbocycles. The minimum atomic E-state index is -0.367. The first-order valence-corrected chi connectivity index (χ1v) is 5.71. The molecule has 0 bridgehead atoms. The molecule has 0 saturated carbocycles. The van der Waals surface area contributed by atoms with E-state index in [1.54, 1.807) is 24.3 Å². The Labute approximate surface area is 110 Å². The number of hydrogen-bond donors (Lipinski definition) is 1. The van der Waals surface area contributed by atoms with E-state index in [0.29, 0.717) is 10.8 Å². The van der Waals surface area contributed by atoms with Gasteiger partial charge in [-0.3, -0.25) is 9.59 Å². The third kappa shape index (κ3) is 5.54. The number of ether oxygens (including phenoxy) is 2. The molecule has 0 radical (unpaired) electrons. The van der Waals surface area contributed by atoms with Crippen LogP contribution in [-0.4, -0.2) is 32.1 Å². The lowest BCUT2D eigenvalue weighted by atomic mass is 10.3. The number of halogens is 1. The normalized spacial score (nSPS) is 9.67. The van der Waals surface area contributed by atoms with Crippen molar-refractivity contribution < 1.29 is 19.1 Å². The molecular weight excluding hydrogens is 258 g/mol. The molecule has 0 aromatic heterocycles. The predicted octanol–water partition coefficient (Wildman–Crippen LogP) is 1.40. The van der Waals surface area contributed by atoms with Gasteiger partial charge in [0.25, 0.3) is 5.91 Å². The maximum atomic E-state index is 11.3. The zero-order chi connectivity index (χ0) is 13.4. The van der Waals surface area contributed by atoms with Crippen LogP contribution < -0.4 is 10.1 Å². The van der Waals surface area contributed by atoms with Crippen molar-refractivity contribution >= 4 is 23.5 Å². The van der Waals surface area contributed by atoms with Gasteiger partial charge in [-0.25, -0.2) is 0 Å². The number of amides is 1. The average Bonchev–Trinajstić information content (AvgIpc) is 2.38. The van der Waals surface area contributed by atoms with Gasteiger partial charge in [0.05, 0.1) is 13.5 Å². The fourth-order valence-electron chi connectivity index (χ4n) is 1.14. The summed E-state index contributed by atoms with van der Waals surface area (Å²) in [5.74, 6) is -0.106. The Morgan fingerprint density at radius 3 is 2.56 bits per heavy atom. The summed E-state index contributed by atoms with van der Waals surface area (Å²) in [5, 5.41) is 3.14. The first-order chi connectivity index (χ1) is 8.61. The van der Waals surface area contributed by atoms with Crippen LogP contribution in [0.25, 0.3) is 0 Å². The Bertz CT molecular complexity index is 405. The minimum absolute atomic E-state index is 0.108. The van der Waals surface area contributed by atoms with Gasteiger partial charge in [0, 0.05) is 11.6 Å². The molecular formula is C12H14ClNO4. The lowest BCUT2D eigenvalue weighted by molar-refractivity contribution is -0.140. The second-order valence-corrected chi connectivity index (χ2v) is 3.86. The van der Waals surface area contributed by atoms with Crippen molar-refractivity contribution in [2.24, 2.45) is 0 Å². The molecule has 0 aliphatic rings. The van der Waals surface area contributed by atoms with Crippen molar-refractivity contribution in [3.63, 3.8) is 0 Å². The molecule has 0 spiro atoms. The van der Waals surface area contributed by atoms with E-state index >= 15 is 0 Å². The molecule has 1 rings (SSSR count). The van der Waals surface area contributed by atoms with E-state index in [0.717, 1.165) is 0 Å². The van der Waals surface area contributed by atoms with Crippen LogP contribution in [-0.2, 0) is 14.3 Å². The lowest BCUT2D eigenvalue weighted by Gasteiger charge is -2.07. The van der Waals surface area contributed by atoms with Gasteiger partial charge in [-0.1, -0.05) is 11.6 Å². The summed E-state index contributed by atoms with van der Waals surface area (Å²) < 4.78 is 9.66. The third-order valence-corrected chi connectivity index (χ3v) is 2.31. The average molecular weight is 272 g/mol. The summed E-state index contributed by atoms with van der Waals surface area (Å²) in [6.07, 6.45) is 0.142. The monoisotopic (exact) mass is 271 g/mol. The van der Waals surface area contributed by atoms with Gasteiger partial charge < -0.3 is 14.8 Å². The first kappa shape index (κ1) is 14.3. The summed E-state index contributed by atoms with van der Waals surface area (Å²) in [5.41, 5.74) is 0. The molecule has 0 saturated heterocycles. The third-order valence-electron chi connectivity index (χ3n) is 2.06. The van der Waals surface area contributed by atoms with Crippen LogP contribution >= 0.6 is 11.6 Å². The SMILES string of the molecule is COC(=O)CCNC(=O)COc1ccc(Cl)cc1. The second kappa shape index (κ2) is 7.55. The highest BCUT2D eigenvalue weighted by Gasteiger charge is 2.04. The maximum Gasteiger partial charge on any atom is 0.307 e. The van der Waals surface area contributed by atoms with Crippen molar-refractivity contribution in [2.75, 3.05) is 20.3 Å². The predicted molar refractivity (Wildman–Crippen MR) is 66.6 cm³/mol. The van der Waals surface area contributed by atoms with E-state index in [9.17, 15) is 9.59 Å². The van der Waals surface area contributed by atoms with Gasteiger partial charge in [0.2, 0.25) is 0 Å². The number of hydrogen-bond acceptors (Lipinski definition) is 4.